The van der Waals surface area contributed by atoms with Crippen molar-refractivity contribution in [3.8, 4) is 0 Å². The molecule has 0 spiro atoms. The Bertz CT molecular complexity index is 668. The quantitative estimate of drug-likeness (QED) is 0.843. The number of nitrogens with one attached hydrogen (secondary N) is 1. The van der Waals surface area contributed by atoms with Crippen molar-refractivity contribution in [2.75, 3.05) is 29.6 Å². The Kier molecular flexibility index (Phi) is 4.54. The minimum Gasteiger partial charge on any atom is -0.323 e. The topological polar surface area (TPSA) is 53.4 Å². The number of hydrogen-bond acceptors (Lipinski definition) is 7. The average Bonchev–Trinajstić information content (AvgIpc) is 3.11. The van der Waals surface area contributed by atoms with E-state index in [1.54, 1.807) is 30.0 Å². The van der Waals surface area contributed by atoms with E-state index >= 15 is 0 Å². The average molecular weight is 360 g/mol. The zero-order valence-electron chi connectivity index (χ0n) is 11.0. The maximum Gasteiger partial charge on any atom is 0.215 e. The summed E-state index contributed by atoms with van der Waals surface area (Å²) in [5, 5.41) is 13.4. The highest BCUT2D eigenvalue weighted by Crippen LogP contribution is 2.32. The van der Waals surface area contributed by atoms with Gasteiger partial charge in [-0.25, -0.2) is 0 Å². The van der Waals surface area contributed by atoms with Crippen molar-refractivity contribution in [1.82, 2.24) is 10.2 Å². The van der Waals surface area contributed by atoms with Gasteiger partial charge in [-0.05, 0) is 18.4 Å². The summed E-state index contributed by atoms with van der Waals surface area (Å²) in [5.41, 5.74) is 0.654. The van der Waals surface area contributed by atoms with Gasteiger partial charge in [0.05, 0.1) is 22.3 Å². The van der Waals surface area contributed by atoms with Crippen molar-refractivity contribution in [3.05, 3.63) is 28.2 Å². The third-order valence-electron chi connectivity index (χ3n) is 2.84. The first-order chi connectivity index (χ1) is 10.2. The van der Waals surface area contributed by atoms with Crippen LogP contribution in [-0.2, 0) is 0 Å². The molecule has 3 rings (SSSR count). The summed E-state index contributed by atoms with van der Waals surface area (Å²) in [6, 6.07) is 5.37. The first-order valence-electron chi connectivity index (χ1n) is 6.09. The van der Waals surface area contributed by atoms with E-state index in [1.807, 2.05) is 11.2 Å². The highest BCUT2D eigenvalue weighted by Gasteiger charge is 2.23. The molecule has 5 nitrogen and oxygen atoms in total. The maximum absolute atomic E-state index is 6.18. The van der Waals surface area contributed by atoms with Gasteiger partial charge in [0, 0.05) is 6.54 Å². The van der Waals surface area contributed by atoms with E-state index in [9.17, 15) is 0 Å². The number of guanidine groups is 1. The second kappa shape index (κ2) is 6.39. The molecule has 0 fully saturated rings. The maximum atomic E-state index is 6.18. The number of aromatic nitrogens is 2. The van der Waals surface area contributed by atoms with Crippen molar-refractivity contribution in [2.24, 2.45) is 4.99 Å². The molecule has 110 valence electrons. The van der Waals surface area contributed by atoms with Crippen LogP contribution in [0.25, 0.3) is 0 Å². The van der Waals surface area contributed by atoms with Gasteiger partial charge in [0.2, 0.25) is 11.1 Å². The van der Waals surface area contributed by atoms with E-state index < -0.39 is 0 Å². The Labute approximate surface area is 140 Å². The predicted molar refractivity (Wildman–Crippen MR) is 91.4 cm³/mol. The largest absolute Gasteiger partial charge is 0.323 e. The fourth-order valence-electron chi connectivity index (χ4n) is 1.86. The van der Waals surface area contributed by atoms with Gasteiger partial charge in [0.1, 0.15) is 0 Å². The van der Waals surface area contributed by atoms with Crippen LogP contribution in [0.5, 0.6) is 0 Å². The van der Waals surface area contributed by atoms with E-state index in [4.69, 9.17) is 23.2 Å². The molecule has 0 amide bonds. The van der Waals surface area contributed by atoms with Gasteiger partial charge in [-0.2, -0.15) is 0 Å². The molecule has 0 atom stereocenters. The molecule has 1 aromatic carbocycles. The van der Waals surface area contributed by atoms with Crippen LogP contribution in [0.4, 0.5) is 10.8 Å². The fraction of sp³-hybridized carbons (Fsp3) is 0.250. The molecule has 1 N–H and O–H groups in total. The summed E-state index contributed by atoms with van der Waals surface area (Å²) >= 11 is 15.5. The summed E-state index contributed by atoms with van der Waals surface area (Å²) < 4.78 is 0.923. The number of benzene rings is 1. The summed E-state index contributed by atoms with van der Waals surface area (Å²) in [6.45, 7) is 1.45. The van der Waals surface area contributed by atoms with E-state index in [2.05, 4.69) is 20.5 Å². The summed E-state index contributed by atoms with van der Waals surface area (Å²) in [5.74, 6) is 0.689. The molecule has 21 heavy (non-hydrogen) atoms. The lowest BCUT2D eigenvalue weighted by molar-refractivity contribution is 0.958. The normalized spacial score (nSPS) is 14.4. The van der Waals surface area contributed by atoms with Crippen LogP contribution in [0.3, 0.4) is 0 Å². The molecular formula is C12H11Cl2N5S2. The second-order valence-corrected chi connectivity index (χ2v) is 6.96. The molecule has 2 heterocycles. The Hall–Kier alpha value is -1.02. The fourth-order valence-corrected chi connectivity index (χ4v) is 3.64. The lowest BCUT2D eigenvalue weighted by atomic mass is 10.3. The van der Waals surface area contributed by atoms with E-state index in [-0.39, 0.29) is 0 Å². The number of halogens is 2. The molecule has 0 radical (unpaired) electrons. The van der Waals surface area contributed by atoms with Crippen LogP contribution < -0.4 is 10.2 Å². The van der Waals surface area contributed by atoms with Crippen LogP contribution in [0, 0.1) is 0 Å². The Morgan fingerprint density at radius 3 is 2.71 bits per heavy atom. The molecule has 1 aliphatic heterocycles. The van der Waals surface area contributed by atoms with Crippen LogP contribution >= 0.6 is 46.3 Å². The van der Waals surface area contributed by atoms with Gasteiger partial charge in [0.15, 0.2) is 4.34 Å². The number of para-hydroxylation sites is 1. The van der Waals surface area contributed by atoms with Crippen molar-refractivity contribution in [1.29, 1.82) is 0 Å². The van der Waals surface area contributed by atoms with Gasteiger partial charge < -0.3 is 5.32 Å². The second-order valence-electron chi connectivity index (χ2n) is 4.13. The van der Waals surface area contributed by atoms with Crippen molar-refractivity contribution >= 4 is 63.1 Å². The lowest BCUT2D eigenvalue weighted by Gasteiger charge is -2.18. The van der Waals surface area contributed by atoms with Crippen LogP contribution in [0.2, 0.25) is 10.0 Å². The van der Waals surface area contributed by atoms with E-state index in [1.165, 1.54) is 11.3 Å². The number of anilines is 2. The Balaban J connectivity index is 1.84. The molecule has 0 bridgehead atoms. The van der Waals surface area contributed by atoms with Crippen LogP contribution in [0.15, 0.2) is 27.5 Å². The lowest BCUT2D eigenvalue weighted by Crippen LogP contribution is -2.33. The van der Waals surface area contributed by atoms with Gasteiger partial charge in [-0.1, -0.05) is 52.4 Å². The number of aliphatic imine (C=N–C) groups is 1. The van der Waals surface area contributed by atoms with Gasteiger partial charge >= 0.3 is 0 Å². The number of hydrogen-bond donors (Lipinski definition) is 1. The Morgan fingerprint density at radius 2 is 2.05 bits per heavy atom. The van der Waals surface area contributed by atoms with Crippen molar-refractivity contribution < 1.29 is 0 Å². The summed E-state index contributed by atoms with van der Waals surface area (Å²) in [4.78, 5) is 6.44. The number of thioether (sulfide) groups is 1. The molecular weight excluding hydrogens is 349 g/mol. The first kappa shape index (κ1) is 14.9. The highest BCUT2D eigenvalue weighted by atomic mass is 35.5. The third-order valence-corrected chi connectivity index (χ3v) is 5.39. The van der Waals surface area contributed by atoms with Crippen LogP contribution in [-0.4, -0.2) is 35.5 Å². The molecule has 2 aromatic rings. The molecule has 0 aliphatic carbocycles. The third kappa shape index (κ3) is 3.11. The zero-order valence-corrected chi connectivity index (χ0v) is 14.2. The molecule has 0 saturated heterocycles. The summed E-state index contributed by atoms with van der Waals surface area (Å²) in [6.07, 6.45) is 1.98. The molecule has 9 heteroatoms. The van der Waals surface area contributed by atoms with E-state index in [0.717, 1.165) is 16.0 Å². The van der Waals surface area contributed by atoms with Crippen LogP contribution in [0.1, 0.15) is 0 Å². The van der Waals surface area contributed by atoms with E-state index in [0.29, 0.717) is 28.2 Å². The SMILES string of the molecule is CSc1nnc(N2CCN=C2Nc2c(Cl)cccc2Cl)s1. The van der Waals surface area contributed by atoms with Gasteiger partial charge in [-0.15, -0.1) is 10.2 Å². The number of rotatable bonds is 3. The monoisotopic (exact) mass is 359 g/mol. The van der Waals surface area contributed by atoms with Gasteiger partial charge in [0.25, 0.3) is 0 Å². The van der Waals surface area contributed by atoms with Crippen molar-refractivity contribution in [3.63, 3.8) is 0 Å². The first-order valence-corrected chi connectivity index (χ1v) is 8.89. The Morgan fingerprint density at radius 1 is 1.29 bits per heavy atom. The van der Waals surface area contributed by atoms with Gasteiger partial charge in [-0.3, -0.25) is 9.89 Å². The highest BCUT2D eigenvalue weighted by molar-refractivity contribution is 8.00. The minimum atomic E-state index is 0.555. The minimum absolute atomic E-state index is 0.555. The standard InChI is InChI=1S/C12H11Cl2N5S2/c1-20-12-18-17-11(21-12)19-6-5-15-10(19)16-9-7(13)3-2-4-8(9)14/h2-4H,5-6H2,1H3,(H,15,16). The molecule has 0 saturated carbocycles. The molecule has 1 aromatic heterocycles. The zero-order chi connectivity index (χ0) is 14.8. The molecule has 0 unspecified atom stereocenters. The number of nitrogens with zero attached hydrogens (tertiary/aromatic N) is 4. The smallest absolute Gasteiger partial charge is 0.215 e. The predicted octanol–water partition coefficient (Wildman–Crippen LogP) is 3.85. The molecule has 1 aliphatic rings. The summed E-state index contributed by atoms with van der Waals surface area (Å²) in [7, 11) is 0. The van der Waals surface area contributed by atoms with Crippen molar-refractivity contribution in [2.45, 2.75) is 4.34 Å².